The van der Waals surface area contributed by atoms with Gasteiger partial charge in [-0.05, 0) is 29.5 Å². The van der Waals surface area contributed by atoms with Crippen molar-refractivity contribution < 1.29 is 9.90 Å². The Morgan fingerprint density at radius 3 is 1.59 bits per heavy atom. The molecule has 32 heavy (non-hydrogen) atoms. The van der Waals surface area contributed by atoms with Crippen molar-refractivity contribution in [2.45, 2.75) is 24.4 Å². The van der Waals surface area contributed by atoms with Gasteiger partial charge in [0.05, 0.1) is 5.54 Å². The Labute approximate surface area is 194 Å². The first-order valence-corrected chi connectivity index (χ1v) is 10.3. The standard InChI is InChI=1S/C25H28N4O2.ClH/c26-24(27)28-18-10-17-22(23(30)31)29-25(19-11-4-1-5-12-19,20-13-6-2-7-14-20)21-15-8-3-9-16-21;/h1-9,11-16,22,29H,10,17-18H2,(H,30,31)(H4,26,27,28);1H/t22-;/m0./s1. The molecule has 0 spiro atoms. The molecule has 0 bridgehead atoms. The first-order chi connectivity index (χ1) is 15.0. The molecule has 0 amide bonds. The number of nitrogens with two attached hydrogens (primary N) is 2. The summed E-state index contributed by atoms with van der Waals surface area (Å²) < 4.78 is 0. The Morgan fingerprint density at radius 1 is 0.844 bits per heavy atom. The van der Waals surface area contributed by atoms with Gasteiger partial charge in [0.15, 0.2) is 5.96 Å². The molecule has 1 atom stereocenters. The van der Waals surface area contributed by atoms with Crippen LogP contribution in [-0.2, 0) is 10.3 Å². The zero-order valence-corrected chi connectivity index (χ0v) is 18.5. The summed E-state index contributed by atoms with van der Waals surface area (Å²) in [5.74, 6) is -0.913. The summed E-state index contributed by atoms with van der Waals surface area (Å²) in [5, 5.41) is 13.5. The second-order valence-corrected chi connectivity index (χ2v) is 7.33. The molecule has 0 aromatic heterocycles. The predicted octanol–water partition coefficient (Wildman–Crippen LogP) is 3.50. The number of carboxylic acids is 1. The van der Waals surface area contributed by atoms with E-state index in [9.17, 15) is 9.90 Å². The molecule has 3 aromatic carbocycles. The van der Waals surface area contributed by atoms with E-state index in [-0.39, 0.29) is 18.4 Å². The van der Waals surface area contributed by atoms with Crippen LogP contribution in [-0.4, -0.2) is 29.6 Å². The van der Waals surface area contributed by atoms with Crippen molar-refractivity contribution in [1.29, 1.82) is 0 Å². The third kappa shape index (κ3) is 5.87. The van der Waals surface area contributed by atoms with Gasteiger partial charge >= 0.3 is 5.97 Å². The van der Waals surface area contributed by atoms with Crippen LogP contribution in [0.5, 0.6) is 0 Å². The molecule has 0 unspecified atom stereocenters. The topological polar surface area (TPSA) is 114 Å². The maximum Gasteiger partial charge on any atom is 0.320 e. The average molecular weight is 453 g/mol. The third-order valence-electron chi connectivity index (χ3n) is 5.25. The van der Waals surface area contributed by atoms with Gasteiger partial charge in [-0.15, -0.1) is 12.4 Å². The lowest BCUT2D eigenvalue weighted by Gasteiger charge is -2.39. The van der Waals surface area contributed by atoms with Crippen LogP contribution in [0, 0.1) is 0 Å². The highest BCUT2D eigenvalue weighted by Crippen LogP contribution is 2.37. The van der Waals surface area contributed by atoms with Crippen molar-refractivity contribution in [3.05, 3.63) is 108 Å². The lowest BCUT2D eigenvalue weighted by Crippen LogP contribution is -2.52. The van der Waals surface area contributed by atoms with Gasteiger partial charge in [-0.2, -0.15) is 0 Å². The van der Waals surface area contributed by atoms with Crippen LogP contribution in [0.2, 0.25) is 0 Å². The number of hydrogen-bond acceptors (Lipinski definition) is 3. The molecular formula is C25H29ClN4O2. The van der Waals surface area contributed by atoms with E-state index in [4.69, 9.17) is 11.5 Å². The van der Waals surface area contributed by atoms with Crippen LogP contribution in [0.4, 0.5) is 0 Å². The highest BCUT2D eigenvalue weighted by molar-refractivity contribution is 5.85. The second-order valence-electron chi connectivity index (χ2n) is 7.33. The van der Waals surface area contributed by atoms with Crippen LogP contribution in [0.3, 0.4) is 0 Å². The Balaban J connectivity index is 0.00000363. The van der Waals surface area contributed by atoms with Crippen molar-refractivity contribution in [1.82, 2.24) is 5.32 Å². The van der Waals surface area contributed by atoms with E-state index in [1.807, 2.05) is 91.0 Å². The summed E-state index contributed by atoms with van der Waals surface area (Å²) in [6.07, 6.45) is 0.913. The Kier molecular flexibility index (Phi) is 9.25. The van der Waals surface area contributed by atoms with E-state index >= 15 is 0 Å². The van der Waals surface area contributed by atoms with Crippen molar-refractivity contribution in [3.63, 3.8) is 0 Å². The molecule has 0 aliphatic rings. The summed E-state index contributed by atoms with van der Waals surface area (Å²) in [4.78, 5) is 16.2. The predicted molar refractivity (Wildman–Crippen MR) is 131 cm³/mol. The van der Waals surface area contributed by atoms with Gasteiger partial charge in [-0.25, -0.2) is 0 Å². The fourth-order valence-electron chi connectivity index (χ4n) is 3.84. The molecule has 3 rings (SSSR count). The Hall–Kier alpha value is -3.35. The largest absolute Gasteiger partial charge is 0.480 e. The van der Waals surface area contributed by atoms with E-state index in [1.54, 1.807) is 0 Å². The first-order valence-electron chi connectivity index (χ1n) is 10.3. The van der Waals surface area contributed by atoms with Crippen LogP contribution >= 0.6 is 12.4 Å². The summed E-state index contributed by atoms with van der Waals surface area (Å²) in [5.41, 5.74) is 12.8. The second kappa shape index (κ2) is 11.9. The minimum Gasteiger partial charge on any atom is -0.480 e. The van der Waals surface area contributed by atoms with Gasteiger partial charge in [-0.1, -0.05) is 91.0 Å². The maximum atomic E-state index is 12.3. The number of carboxylic acid groups (broad SMARTS) is 1. The molecule has 0 saturated heterocycles. The number of benzene rings is 3. The smallest absolute Gasteiger partial charge is 0.320 e. The molecule has 0 radical (unpaired) electrons. The summed E-state index contributed by atoms with van der Waals surface area (Å²) in [6.45, 7) is 0.378. The molecule has 168 valence electrons. The van der Waals surface area contributed by atoms with Crippen LogP contribution in [0.1, 0.15) is 29.5 Å². The quantitative estimate of drug-likeness (QED) is 0.163. The van der Waals surface area contributed by atoms with Gasteiger partial charge in [0.2, 0.25) is 0 Å². The van der Waals surface area contributed by atoms with Crippen molar-refractivity contribution in [2.24, 2.45) is 16.5 Å². The van der Waals surface area contributed by atoms with Crippen molar-refractivity contribution >= 4 is 24.3 Å². The zero-order valence-electron chi connectivity index (χ0n) is 17.7. The number of aliphatic carboxylic acids is 1. The Morgan fingerprint density at radius 2 is 1.25 bits per heavy atom. The molecule has 0 aliphatic carbocycles. The summed E-state index contributed by atoms with van der Waals surface area (Å²) in [7, 11) is 0. The normalized spacial score (nSPS) is 11.8. The fourth-order valence-corrected chi connectivity index (χ4v) is 3.84. The number of halogens is 1. The van der Waals surface area contributed by atoms with Gasteiger partial charge in [0, 0.05) is 6.54 Å². The number of aliphatic imine (C=N–C) groups is 1. The van der Waals surface area contributed by atoms with E-state index in [0.717, 1.165) is 16.7 Å². The highest BCUT2D eigenvalue weighted by Gasteiger charge is 2.39. The minimum absolute atomic E-state index is 0. The maximum absolute atomic E-state index is 12.3. The van der Waals surface area contributed by atoms with Crippen molar-refractivity contribution in [2.75, 3.05) is 6.54 Å². The molecule has 6 N–H and O–H groups in total. The molecular weight excluding hydrogens is 424 g/mol. The minimum atomic E-state index is -0.920. The van der Waals surface area contributed by atoms with Gasteiger partial charge in [-0.3, -0.25) is 15.1 Å². The molecule has 3 aromatic rings. The van der Waals surface area contributed by atoms with E-state index < -0.39 is 17.6 Å². The first kappa shape index (κ1) is 24.9. The Bertz CT molecular complexity index is 898. The molecule has 0 fully saturated rings. The van der Waals surface area contributed by atoms with Gasteiger partial charge < -0.3 is 16.6 Å². The third-order valence-corrected chi connectivity index (χ3v) is 5.25. The monoisotopic (exact) mass is 452 g/mol. The van der Waals surface area contributed by atoms with Crippen LogP contribution in [0.15, 0.2) is 96.0 Å². The fraction of sp³-hybridized carbons (Fsp3) is 0.200. The highest BCUT2D eigenvalue weighted by atomic mass is 35.5. The number of carbonyl (C=O) groups is 1. The zero-order chi connectivity index (χ0) is 22.1. The number of hydrogen-bond donors (Lipinski definition) is 4. The molecule has 0 saturated carbocycles. The lowest BCUT2D eigenvalue weighted by molar-refractivity contribution is -0.140. The molecule has 7 heteroatoms. The van der Waals surface area contributed by atoms with Gasteiger partial charge in [0.25, 0.3) is 0 Å². The van der Waals surface area contributed by atoms with E-state index in [1.165, 1.54) is 0 Å². The summed E-state index contributed by atoms with van der Waals surface area (Å²) in [6, 6.07) is 28.9. The average Bonchev–Trinajstić information content (AvgIpc) is 2.80. The molecule has 6 nitrogen and oxygen atoms in total. The van der Waals surface area contributed by atoms with Crippen LogP contribution < -0.4 is 16.8 Å². The van der Waals surface area contributed by atoms with E-state index in [0.29, 0.717) is 19.4 Å². The number of nitrogens with one attached hydrogen (secondary N) is 1. The van der Waals surface area contributed by atoms with Gasteiger partial charge in [0.1, 0.15) is 6.04 Å². The molecule has 0 aliphatic heterocycles. The van der Waals surface area contributed by atoms with Crippen LogP contribution in [0.25, 0.3) is 0 Å². The summed E-state index contributed by atoms with van der Waals surface area (Å²) >= 11 is 0. The number of guanidine groups is 1. The lowest BCUT2D eigenvalue weighted by atomic mass is 9.76. The molecule has 0 heterocycles. The van der Waals surface area contributed by atoms with E-state index in [2.05, 4.69) is 10.3 Å². The number of nitrogens with zero attached hydrogens (tertiary/aromatic N) is 1. The van der Waals surface area contributed by atoms with Crippen molar-refractivity contribution in [3.8, 4) is 0 Å². The SMILES string of the molecule is Cl.NC(N)=NCCC[C@H](NC(c1ccccc1)(c1ccccc1)c1ccccc1)C(=O)O. The number of rotatable bonds is 10.